The molecule has 0 amide bonds. The van der Waals surface area contributed by atoms with Gasteiger partial charge in [0.15, 0.2) is 0 Å². The summed E-state index contributed by atoms with van der Waals surface area (Å²) in [4.78, 5) is 0. The Kier molecular flexibility index (Phi) is 6.47. The van der Waals surface area contributed by atoms with E-state index in [4.69, 9.17) is 0 Å². The van der Waals surface area contributed by atoms with Crippen molar-refractivity contribution in [3.8, 4) is 44.5 Å². The molecule has 1 heteroatoms. The van der Waals surface area contributed by atoms with Crippen molar-refractivity contribution < 1.29 is 0 Å². The van der Waals surface area contributed by atoms with Gasteiger partial charge in [0.2, 0.25) is 0 Å². The minimum absolute atomic E-state index is 1.23. The lowest BCUT2D eigenvalue weighted by atomic mass is 9.85. The van der Waals surface area contributed by atoms with E-state index in [1.165, 1.54) is 97.0 Å². The lowest BCUT2D eigenvalue weighted by Crippen LogP contribution is -1.91. The van der Waals surface area contributed by atoms with E-state index in [0.717, 1.165) is 0 Å². The summed E-state index contributed by atoms with van der Waals surface area (Å²) in [7, 11) is 0. The third-order valence-corrected chi connectivity index (χ3v) is 11.3. The summed E-state index contributed by atoms with van der Waals surface area (Å²) in [6, 6.07) is 66.9. The fraction of sp³-hybridized carbons (Fsp3) is 0. The van der Waals surface area contributed by atoms with Gasteiger partial charge in [-0.1, -0.05) is 170 Å². The minimum Gasteiger partial charge on any atom is -0.135 e. The van der Waals surface area contributed by atoms with Gasteiger partial charge in [-0.25, -0.2) is 0 Å². The van der Waals surface area contributed by atoms with Crippen LogP contribution in [0.5, 0.6) is 0 Å². The van der Waals surface area contributed by atoms with Crippen LogP contribution >= 0.6 is 11.3 Å². The number of rotatable bonds is 4. The summed E-state index contributed by atoms with van der Waals surface area (Å²) in [5, 5.41) is 10.3. The van der Waals surface area contributed by atoms with Crippen molar-refractivity contribution in [3.05, 3.63) is 182 Å². The van der Waals surface area contributed by atoms with E-state index in [1.807, 2.05) is 11.3 Å². The van der Waals surface area contributed by atoms with Gasteiger partial charge in [0.1, 0.15) is 0 Å². The van der Waals surface area contributed by atoms with Gasteiger partial charge in [-0.05, 0) is 89.0 Å². The first-order chi connectivity index (χ1) is 24.3. The van der Waals surface area contributed by atoms with Gasteiger partial charge in [-0.3, -0.25) is 0 Å². The molecule has 0 nitrogen and oxygen atoms in total. The molecule has 0 bridgehead atoms. The van der Waals surface area contributed by atoms with Gasteiger partial charge in [0.05, 0.1) is 0 Å². The zero-order valence-electron chi connectivity index (χ0n) is 26.7. The van der Waals surface area contributed by atoms with Gasteiger partial charge in [-0.15, -0.1) is 11.3 Å². The molecule has 0 radical (unpaired) electrons. The van der Waals surface area contributed by atoms with Crippen LogP contribution in [0.1, 0.15) is 0 Å². The maximum absolute atomic E-state index is 2.43. The monoisotopic (exact) mass is 638 g/mol. The smallest absolute Gasteiger partial charge is 0.0433 e. The molecular formula is C48H30S. The zero-order chi connectivity index (χ0) is 32.3. The first-order valence-corrected chi connectivity index (χ1v) is 17.7. The van der Waals surface area contributed by atoms with Crippen LogP contribution in [0.4, 0.5) is 0 Å². The van der Waals surface area contributed by atoms with Crippen molar-refractivity contribution in [2.75, 3.05) is 0 Å². The molecule has 228 valence electrons. The van der Waals surface area contributed by atoms with Crippen LogP contribution in [-0.4, -0.2) is 0 Å². The van der Waals surface area contributed by atoms with Crippen LogP contribution in [0, 0.1) is 0 Å². The first kappa shape index (κ1) is 28.0. The average molecular weight is 639 g/mol. The zero-order valence-corrected chi connectivity index (χ0v) is 27.5. The molecule has 0 aliphatic carbocycles. The van der Waals surface area contributed by atoms with E-state index in [1.54, 1.807) is 0 Å². The van der Waals surface area contributed by atoms with E-state index in [0.29, 0.717) is 0 Å². The van der Waals surface area contributed by atoms with Crippen molar-refractivity contribution >= 4 is 63.8 Å². The summed E-state index contributed by atoms with van der Waals surface area (Å²) in [6.45, 7) is 0. The quantitative estimate of drug-likeness (QED) is 0.168. The van der Waals surface area contributed by atoms with E-state index >= 15 is 0 Å². The van der Waals surface area contributed by atoms with Crippen LogP contribution < -0.4 is 0 Å². The highest BCUT2D eigenvalue weighted by Crippen LogP contribution is 2.46. The Morgan fingerprint density at radius 3 is 1.49 bits per heavy atom. The lowest BCUT2D eigenvalue weighted by molar-refractivity contribution is 1.63. The second-order valence-corrected chi connectivity index (χ2v) is 13.9. The topological polar surface area (TPSA) is 0 Å². The number of hydrogen-bond donors (Lipinski definition) is 0. The van der Waals surface area contributed by atoms with Gasteiger partial charge in [0.25, 0.3) is 0 Å². The summed E-state index contributed by atoms with van der Waals surface area (Å²) in [5.74, 6) is 0. The van der Waals surface area contributed by atoms with E-state index in [9.17, 15) is 0 Å². The Morgan fingerprint density at radius 2 is 0.776 bits per heavy atom. The molecule has 0 aliphatic heterocycles. The van der Waals surface area contributed by atoms with E-state index < -0.39 is 0 Å². The molecule has 0 aliphatic rings. The molecule has 0 spiro atoms. The summed E-state index contributed by atoms with van der Waals surface area (Å²) in [6.07, 6.45) is 0. The van der Waals surface area contributed by atoms with E-state index in [-0.39, 0.29) is 0 Å². The molecule has 49 heavy (non-hydrogen) atoms. The Balaban J connectivity index is 1.17. The van der Waals surface area contributed by atoms with Crippen molar-refractivity contribution in [2.45, 2.75) is 0 Å². The standard InChI is InChI=1S/C48H30S/c1-2-12-32(13-3-1)38-22-11-23-43-44-30-35(28-29-45(44)49-48(38)43)47-41-19-8-6-17-39(41)46(40-18-7-9-20-42(40)47)34-26-24-33(25-27-34)37-21-10-15-31-14-4-5-16-36(31)37/h1-30H. The molecule has 0 saturated carbocycles. The van der Waals surface area contributed by atoms with Gasteiger partial charge in [0, 0.05) is 20.2 Å². The maximum Gasteiger partial charge on any atom is 0.0433 e. The molecular weight excluding hydrogens is 609 g/mol. The second kappa shape index (κ2) is 11.3. The second-order valence-electron chi connectivity index (χ2n) is 12.8. The van der Waals surface area contributed by atoms with Crippen molar-refractivity contribution in [1.82, 2.24) is 0 Å². The highest BCUT2D eigenvalue weighted by Gasteiger charge is 2.18. The van der Waals surface area contributed by atoms with Crippen LogP contribution in [-0.2, 0) is 0 Å². The van der Waals surface area contributed by atoms with Crippen molar-refractivity contribution in [1.29, 1.82) is 0 Å². The Labute approximate surface area is 289 Å². The molecule has 1 aromatic heterocycles. The fourth-order valence-electron chi connectivity index (χ4n) is 7.84. The van der Waals surface area contributed by atoms with Gasteiger partial charge >= 0.3 is 0 Å². The highest BCUT2D eigenvalue weighted by atomic mass is 32.1. The molecule has 9 aromatic carbocycles. The number of benzene rings is 9. The molecule has 0 atom stereocenters. The SMILES string of the molecule is c1ccc(-c2cccc3c2sc2ccc(-c4c5ccccc5c(-c5ccc(-c6cccc7ccccc67)cc5)c5ccccc45)cc23)cc1. The Morgan fingerprint density at radius 1 is 0.286 bits per heavy atom. The molecule has 0 fully saturated rings. The van der Waals surface area contributed by atoms with Crippen LogP contribution in [0.25, 0.3) is 97.0 Å². The molecule has 10 aromatic rings. The predicted molar refractivity (Wildman–Crippen MR) is 214 cm³/mol. The van der Waals surface area contributed by atoms with Crippen LogP contribution in [0.15, 0.2) is 182 Å². The maximum atomic E-state index is 2.43. The van der Waals surface area contributed by atoms with Crippen LogP contribution in [0.3, 0.4) is 0 Å². The van der Waals surface area contributed by atoms with Crippen LogP contribution in [0.2, 0.25) is 0 Å². The average Bonchev–Trinajstić information content (AvgIpc) is 3.55. The third kappa shape index (κ3) is 4.51. The molecule has 10 rings (SSSR count). The first-order valence-electron chi connectivity index (χ1n) is 16.8. The summed E-state index contributed by atoms with van der Waals surface area (Å²) < 4.78 is 2.66. The minimum atomic E-state index is 1.23. The number of fused-ring (bicyclic) bond motifs is 6. The predicted octanol–water partition coefficient (Wildman–Crippen LogP) is 14.2. The fourth-order valence-corrected chi connectivity index (χ4v) is 9.06. The molecule has 0 unspecified atom stereocenters. The molecule has 0 N–H and O–H groups in total. The largest absolute Gasteiger partial charge is 0.135 e. The number of thiophene rings is 1. The van der Waals surface area contributed by atoms with Gasteiger partial charge < -0.3 is 0 Å². The van der Waals surface area contributed by atoms with Crippen molar-refractivity contribution in [3.63, 3.8) is 0 Å². The third-order valence-electron chi connectivity index (χ3n) is 10.1. The van der Waals surface area contributed by atoms with E-state index in [2.05, 4.69) is 182 Å². The Hall–Kier alpha value is -6.02. The molecule has 0 saturated heterocycles. The summed E-state index contributed by atoms with van der Waals surface area (Å²) in [5.41, 5.74) is 10.1. The summed E-state index contributed by atoms with van der Waals surface area (Å²) >= 11 is 1.89. The lowest BCUT2D eigenvalue weighted by Gasteiger charge is -2.18. The number of hydrogen-bond acceptors (Lipinski definition) is 1. The highest BCUT2D eigenvalue weighted by molar-refractivity contribution is 7.26. The molecule has 1 heterocycles. The Bertz CT molecular complexity index is 2790. The van der Waals surface area contributed by atoms with Gasteiger partial charge in [-0.2, -0.15) is 0 Å². The normalized spacial score (nSPS) is 11.7. The van der Waals surface area contributed by atoms with Crippen molar-refractivity contribution in [2.24, 2.45) is 0 Å².